The van der Waals surface area contributed by atoms with E-state index in [-0.39, 0.29) is 0 Å². The van der Waals surface area contributed by atoms with E-state index < -0.39 is 0 Å². The number of nitrogens with two attached hydrogens (primary N) is 1. The second-order valence-electron chi connectivity index (χ2n) is 4.61. The molecule has 0 aromatic carbocycles. The topological polar surface area (TPSA) is 47.3 Å². The molecule has 0 aromatic rings. The highest BCUT2D eigenvalue weighted by Crippen LogP contribution is 2.31. The van der Waals surface area contributed by atoms with Crippen molar-refractivity contribution in [1.82, 2.24) is 5.32 Å². The van der Waals surface area contributed by atoms with E-state index >= 15 is 0 Å². The Morgan fingerprint density at radius 2 is 1.93 bits per heavy atom. The third-order valence-corrected chi connectivity index (χ3v) is 3.50. The second-order valence-corrected chi connectivity index (χ2v) is 4.61. The summed E-state index contributed by atoms with van der Waals surface area (Å²) in [4.78, 5) is 0. The minimum absolute atomic E-state index is 0.373. The summed E-state index contributed by atoms with van der Waals surface area (Å²) in [6.07, 6.45) is 0.766. The third kappa shape index (κ3) is 2.69. The van der Waals surface area contributed by atoms with Crippen molar-refractivity contribution < 1.29 is 4.74 Å². The smallest absolute Gasteiger partial charge is 0.0594 e. The minimum Gasteiger partial charge on any atom is -0.375 e. The normalized spacial score (nSPS) is 40.1. The largest absolute Gasteiger partial charge is 0.375 e. The van der Waals surface area contributed by atoms with E-state index in [2.05, 4.69) is 33.0 Å². The number of hydrogen-bond donors (Lipinski definition) is 2. The van der Waals surface area contributed by atoms with Gasteiger partial charge in [-0.15, -0.1) is 0 Å². The first-order valence-electron chi connectivity index (χ1n) is 5.65. The fraction of sp³-hybridized carbons (Fsp3) is 1.00. The average Bonchev–Trinajstić information content (AvgIpc) is 2.39. The summed E-state index contributed by atoms with van der Waals surface area (Å²) in [6, 6.07) is 0.408. The van der Waals surface area contributed by atoms with Crippen LogP contribution in [-0.2, 0) is 4.74 Å². The summed E-state index contributed by atoms with van der Waals surface area (Å²) in [7, 11) is 0. The molecule has 1 heterocycles. The van der Waals surface area contributed by atoms with Crippen molar-refractivity contribution in [3.8, 4) is 0 Å². The van der Waals surface area contributed by atoms with E-state index in [1.807, 2.05) is 0 Å². The molecule has 0 radical (unpaired) electrons. The van der Waals surface area contributed by atoms with E-state index in [9.17, 15) is 0 Å². The molecule has 1 saturated heterocycles. The molecular formula is C11H24N2O. The summed E-state index contributed by atoms with van der Waals surface area (Å²) in [5.41, 5.74) is 5.56. The zero-order valence-electron chi connectivity index (χ0n) is 9.79. The lowest BCUT2D eigenvalue weighted by molar-refractivity contribution is 0.0510. The molecule has 1 aliphatic heterocycles. The van der Waals surface area contributed by atoms with E-state index in [0.717, 1.165) is 6.54 Å². The van der Waals surface area contributed by atoms with Gasteiger partial charge < -0.3 is 15.8 Å². The van der Waals surface area contributed by atoms with Crippen LogP contribution in [0.25, 0.3) is 0 Å². The summed E-state index contributed by atoms with van der Waals surface area (Å²) >= 11 is 0. The van der Waals surface area contributed by atoms with E-state index in [1.165, 1.54) is 0 Å². The van der Waals surface area contributed by atoms with Crippen molar-refractivity contribution in [2.75, 3.05) is 13.1 Å². The number of nitrogens with one attached hydrogen (secondary N) is 1. The molecule has 0 saturated carbocycles. The van der Waals surface area contributed by atoms with Crippen molar-refractivity contribution in [1.29, 1.82) is 0 Å². The fourth-order valence-corrected chi connectivity index (χ4v) is 2.11. The predicted molar refractivity (Wildman–Crippen MR) is 59.2 cm³/mol. The van der Waals surface area contributed by atoms with E-state index in [4.69, 9.17) is 10.5 Å². The molecule has 0 amide bonds. The van der Waals surface area contributed by atoms with Gasteiger partial charge in [-0.3, -0.25) is 0 Å². The molecule has 4 unspecified atom stereocenters. The third-order valence-electron chi connectivity index (χ3n) is 3.50. The molecule has 1 rings (SSSR count). The molecule has 0 aromatic heterocycles. The van der Waals surface area contributed by atoms with Crippen molar-refractivity contribution in [2.24, 2.45) is 17.6 Å². The first-order chi connectivity index (χ1) is 6.56. The summed E-state index contributed by atoms with van der Waals surface area (Å²) in [5.74, 6) is 1.27. The van der Waals surface area contributed by atoms with Gasteiger partial charge in [0.15, 0.2) is 0 Å². The molecule has 3 heteroatoms. The lowest BCUT2D eigenvalue weighted by Crippen LogP contribution is -2.39. The standard InChI is InChI=1S/C11H24N2O/c1-7(5-12)13-6-11-8(2)9(3)14-10(11)4/h7-11,13H,5-6,12H2,1-4H3/t7-,8?,9?,10?,11?/m0/s1. The maximum atomic E-state index is 5.78. The highest BCUT2D eigenvalue weighted by molar-refractivity contribution is 4.85. The first kappa shape index (κ1) is 12.0. The van der Waals surface area contributed by atoms with Crippen LogP contribution in [0.5, 0.6) is 0 Å². The average molecular weight is 200 g/mol. The molecule has 1 aliphatic rings. The highest BCUT2D eigenvalue weighted by Gasteiger charge is 2.36. The number of rotatable bonds is 4. The van der Waals surface area contributed by atoms with E-state index in [1.54, 1.807) is 0 Å². The van der Waals surface area contributed by atoms with E-state index in [0.29, 0.717) is 36.6 Å². The SMILES string of the molecule is CC1OC(C)C(CN[C@@H](C)CN)C1C. The van der Waals surface area contributed by atoms with Crippen LogP contribution in [0.1, 0.15) is 27.7 Å². The quantitative estimate of drug-likeness (QED) is 0.711. The van der Waals surface area contributed by atoms with Crippen LogP contribution >= 0.6 is 0 Å². The van der Waals surface area contributed by atoms with Gasteiger partial charge in [-0.2, -0.15) is 0 Å². The number of ether oxygens (including phenoxy) is 1. The molecule has 3 nitrogen and oxygen atoms in total. The van der Waals surface area contributed by atoms with Crippen molar-refractivity contribution in [3.05, 3.63) is 0 Å². The first-order valence-corrected chi connectivity index (χ1v) is 5.65. The van der Waals surface area contributed by atoms with Gasteiger partial charge in [0.25, 0.3) is 0 Å². The van der Waals surface area contributed by atoms with Crippen molar-refractivity contribution in [2.45, 2.75) is 45.9 Å². The summed E-state index contributed by atoms with van der Waals surface area (Å²) in [5, 5.41) is 3.45. The molecule has 5 atom stereocenters. The van der Waals surface area contributed by atoms with Gasteiger partial charge in [-0.25, -0.2) is 0 Å². The Kier molecular flexibility index (Phi) is 4.35. The van der Waals surface area contributed by atoms with Gasteiger partial charge in [0, 0.05) is 25.0 Å². The lowest BCUT2D eigenvalue weighted by atomic mass is 9.89. The molecule has 0 bridgehead atoms. The van der Waals surface area contributed by atoms with Gasteiger partial charge in [-0.1, -0.05) is 6.92 Å². The molecule has 14 heavy (non-hydrogen) atoms. The van der Waals surface area contributed by atoms with Crippen LogP contribution in [-0.4, -0.2) is 31.3 Å². The van der Waals surface area contributed by atoms with Crippen molar-refractivity contribution >= 4 is 0 Å². The fourth-order valence-electron chi connectivity index (χ4n) is 2.11. The molecular weight excluding hydrogens is 176 g/mol. The molecule has 84 valence electrons. The molecule has 0 spiro atoms. The maximum absolute atomic E-state index is 5.78. The highest BCUT2D eigenvalue weighted by atomic mass is 16.5. The Labute approximate surface area is 87.4 Å². The van der Waals surface area contributed by atoms with Gasteiger partial charge in [0.05, 0.1) is 12.2 Å². The molecule has 1 fully saturated rings. The second kappa shape index (κ2) is 5.10. The van der Waals surface area contributed by atoms with Crippen LogP contribution in [0.15, 0.2) is 0 Å². The van der Waals surface area contributed by atoms with Crippen LogP contribution in [0.4, 0.5) is 0 Å². The molecule has 0 aliphatic carbocycles. The Morgan fingerprint density at radius 1 is 1.29 bits per heavy atom. The van der Waals surface area contributed by atoms with Crippen molar-refractivity contribution in [3.63, 3.8) is 0 Å². The zero-order chi connectivity index (χ0) is 10.7. The van der Waals surface area contributed by atoms with Crippen LogP contribution in [0, 0.1) is 11.8 Å². The Morgan fingerprint density at radius 3 is 2.36 bits per heavy atom. The summed E-state index contributed by atoms with van der Waals surface area (Å²) in [6.45, 7) is 10.4. The Bertz CT molecular complexity index is 175. The zero-order valence-corrected chi connectivity index (χ0v) is 9.79. The maximum Gasteiger partial charge on any atom is 0.0594 e. The Balaban J connectivity index is 2.36. The predicted octanol–water partition coefficient (Wildman–Crippen LogP) is 0.983. The van der Waals surface area contributed by atoms with Crippen LogP contribution in [0.3, 0.4) is 0 Å². The monoisotopic (exact) mass is 200 g/mol. The lowest BCUT2D eigenvalue weighted by Gasteiger charge is -2.21. The van der Waals surface area contributed by atoms with Crippen LogP contribution in [0.2, 0.25) is 0 Å². The van der Waals surface area contributed by atoms with Gasteiger partial charge in [-0.05, 0) is 26.7 Å². The summed E-state index contributed by atoms with van der Waals surface area (Å²) < 4.78 is 5.78. The van der Waals surface area contributed by atoms with Gasteiger partial charge >= 0.3 is 0 Å². The van der Waals surface area contributed by atoms with Crippen LogP contribution < -0.4 is 11.1 Å². The number of hydrogen-bond acceptors (Lipinski definition) is 3. The Hall–Kier alpha value is -0.120. The minimum atomic E-state index is 0.373. The van der Waals surface area contributed by atoms with Gasteiger partial charge in [0.1, 0.15) is 0 Å². The molecule has 3 N–H and O–H groups in total. The van der Waals surface area contributed by atoms with Gasteiger partial charge in [0.2, 0.25) is 0 Å².